The predicted octanol–water partition coefficient (Wildman–Crippen LogP) is 3.56. The number of benzene rings is 2. The molecule has 0 aliphatic heterocycles. The number of para-hydroxylation sites is 1. The SMILES string of the molecule is COc1ccc(-c2cnc(=O)n(Cc3cccc4n[nH]nc34)c2)cc1OC1CCCC1. The summed E-state index contributed by atoms with van der Waals surface area (Å²) in [4.78, 5) is 16.5. The molecule has 0 unspecified atom stereocenters. The average molecular weight is 417 g/mol. The summed E-state index contributed by atoms with van der Waals surface area (Å²) in [7, 11) is 1.64. The van der Waals surface area contributed by atoms with Crippen molar-refractivity contribution in [1.82, 2.24) is 25.0 Å². The van der Waals surface area contributed by atoms with Gasteiger partial charge in [0.1, 0.15) is 11.0 Å². The maximum absolute atomic E-state index is 12.4. The van der Waals surface area contributed by atoms with Crippen LogP contribution in [-0.2, 0) is 6.54 Å². The van der Waals surface area contributed by atoms with Crippen LogP contribution in [-0.4, -0.2) is 38.2 Å². The summed E-state index contributed by atoms with van der Waals surface area (Å²) in [5.74, 6) is 1.42. The van der Waals surface area contributed by atoms with Gasteiger partial charge in [0.05, 0.1) is 19.8 Å². The zero-order chi connectivity index (χ0) is 21.2. The molecule has 8 heteroatoms. The number of fused-ring (bicyclic) bond motifs is 1. The van der Waals surface area contributed by atoms with Crippen LogP contribution in [0.15, 0.2) is 53.6 Å². The molecule has 8 nitrogen and oxygen atoms in total. The van der Waals surface area contributed by atoms with Crippen molar-refractivity contribution in [1.29, 1.82) is 0 Å². The second-order valence-electron chi connectivity index (χ2n) is 7.75. The van der Waals surface area contributed by atoms with E-state index in [1.807, 2.05) is 42.6 Å². The van der Waals surface area contributed by atoms with Crippen molar-refractivity contribution >= 4 is 11.0 Å². The van der Waals surface area contributed by atoms with Crippen molar-refractivity contribution in [3.8, 4) is 22.6 Å². The fourth-order valence-electron chi connectivity index (χ4n) is 4.09. The predicted molar refractivity (Wildman–Crippen MR) is 116 cm³/mol. The monoisotopic (exact) mass is 417 g/mol. The zero-order valence-corrected chi connectivity index (χ0v) is 17.2. The number of methoxy groups -OCH3 is 1. The molecule has 0 amide bonds. The Morgan fingerprint density at radius 3 is 2.81 bits per heavy atom. The first-order valence-electron chi connectivity index (χ1n) is 10.4. The molecule has 0 saturated heterocycles. The van der Waals surface area contributed by atoms with Crippen molar-refractivity contribution < 1.29 is 9.47 Å². The number of nitrogens with zero attached hydrogens (tertiary/aromatic N) is 4. The molecule has 5 rings (SSSR count). The highest BCUT2D eigenvalue weighted by molar-refractivity contribution is 5.77. The van der Waals surface area contributed by atoms with E-state index < -0.39 is 0 Å². The smallest absolute Gasteiger partial charge is 0.347 e. The highest BCUT2D eigenvalue weighted by Gasteiger charge is 2.19. The molecule has 0 atom stereocenters. The van der Waals surface area contributed by atoms with E-state index in [0.717, 1.165) is 46.3 Å². The molecule has 1 aliphatic rings. The van der Waals surface area contributed by atoms with Gasteiger partial charge in [0, 0.05) is 23.5 Å². The first kappa shape index (κ1) is 19.3. The van der Waals surface area contributed by atoms with E-state index in [2.05, 4.69) is 20.4 Å². The number of rotatable bonds is 6. The van der Waals surface area contributed by atoms with Crippen LogP contribution in [0.2, 0.25) is 0 Å². The Morgan fingerprint density at radius 1 is 1.10 bits per heavy atom. The van der Waals surface area contributed by atoms with Crippen molar-refractivity contribution in [2.24, 2.45) is 0 Å². The largest absolute Gasteiger partial charge is 0.493 e. The number of aromatic nitrogens is 5. The van der Waals surface area contributed by atoms with E-state index >= 15 is 0 Å². The molecule has 1 N–H and O–H groups in total. The molecule has 2 heterocycles. The second kappa shape index (κ2) is 8.22. The highest BCUT2D eigenvalue weighted by atomic mass is 16.5. The Labute approximate surface area is 178 Å². The van der Waals surface area contributed by atoms with Gasteiger partial charge in [0.15, 0.2) is 11.5 Å². The minimum atomic E-state index is -0.319. The lowest BCUT2D eigenvalue weighted by atomic mass is 10.1. The first-order chi connectivity index (χ1) is 15.2. The van der Waals surface area contributed by atoms with Gasteiger partial charge < -0.3 is 9.47 Å². The number of ether oxygens (including phenoxy) is 2. The molecule has 0 radical (unpaired) electrons. The van der Waals surface area contributed by atoms with Gasteiger partial charge in [-0.1, -0.05) is 18.2 Å². The number of hydrogen-bond acceptors (Lipinski definition) is 6. The Balaban J connectivity index is 1.48. The van der Waals surface area contributed by atoms with Crippen LogP contribution in [0.5, 0.6) is 11.5 Å². The molecule has 0 bridgehead atoms. The molecule has 1 saturated carbocycles. The van der Waals surface area contributed by atoms with Gasteiger partial charge in [-0.2, -0.15) is 15.4 Å². The number of nitrogens with one attached hydrogen (secondary N) is 1. The van der Waals surface area contributed by atoms with Gasteiger partial charge in [-0.25, -0.2) is 9.78 Å². The van der Waals surface area contributed by atoms with E-state index in [1.165, 1.54) is 12.8 Å². The standard InChI is InChI=1S/C23H23N5O3/c1-30-20-10-9-15(11-21(20)31-18-6-2-3-7-18)17-12-24-23(29)28(14-17)13-16-5-4-8-19-22(16)26-27-25-19/h4-5,8-12,14,18H,2-3,6-7,13H2,1H3,(H,25,26,27). The van der Waals surface area contributed by atoms with Gasteiger partial charge in [-0.3, -0.25) is 4.57 Å². The Hall–Kier alpha value is -3.68. The van der Waals surface area contributed by atoms with Crippen LogP contribution in [0.1, 0.15) is 31.2 Å². The van der Waals surface area contributed by atoms with Crippen LogP contribution >= 0.6 is 0 Å². The fraction of sp³-hybridized carbons (Fsp3) is 0.304. The lowest BCUT2D eigenvalue weighted by Crippen LogP contribution is -2.22. The van der Waals surface area contributed by atoms with E-state index in [1.54, 1.807) is 17.9 Å². The number of aromatic amines is 1. The van der Waals surface area contributed by atoms with Crippen LogP contribution in [0.25, 0.3) is 22.2 Å². The fourth-order valence-corrected chi connectivity index (χ4v) is 4.09. The summed E-state index contributed by atoms with van der Waals surface area (Å²) in [5, 5.41) is 10.9. The van der Waals surface area contributed by atoms with Gasteiger partial charge in [0.2, 0.25) is 0 Å². The maximum atomic E-state index is 12.4. The molecular weight excluding hydrogens is 394 g/mol. The summed E-state index contributed by atoms with van der Waals surface area (Å²) in [5.41, 5.74) is 3.82. The molecule has 1 aliphatic carbocycles. The van der Waals surface area contributed by atoms with E-state index in [9.17, 15) is 4.79 Å². The second-order valence-corrected chi connectivity index (χ2v) is 7.75. The summed E-state index contributed by atoms with van der Waals surface area (Å²) in [6, 6.07) is 11.5. The third-order valence-corrected chi connectivity index (χ3v) is 5.72. The van der Waals surface area contributed by atoms with Crippen molar-refractivity contribution in [2.45, 2.75) is 38.3 Å². The number of H-pyrrole nitrogens is 1. The Bertz CT molecular complexity index is 1270. The zero-order valence-electron chi connectivity index (χ0n) is 17.2. The Kier molecular flexibility index (Phi) is 5.11. The molecule has 2 aromatic carbocycles. The van der Waals surface area contributed by atoms with E-state index in [0.29, 0.717) is 12.3 Å². The minimum absolute atomic E-state index is 0.221. The van der Waals surface area contributed by atoms with Gasteiger partial charge in [-0.05, 0) is 49.4 Å². The summed E-state index contributed by atoms with van der Waals surface area (Å²) < 4.78 is 13.3. The van der Waals surface area contributed by atoms with Crippen LogP contribution in [0, 0.1) is 0 Å². The third kappa shape index (κ3) is 3.88. The van der Waals surface area contributed by atoms with Crippen LogP contribution < -0.4 is 15.2 Å². The van der Waals surface area contributed by atoms with E-state index in [-0.39, 0.29) is 11.8 Å². The summed E-state index contributed by atoms with van der Waals surface area (Å²) >= 11 is 0. The van der Waals surface area contributed by atoms with Gasteiger partial charge >= 0.3 is 5.69 Å². The van der Waals surface area contributed by atoms with Gasteiger partial charge in [-0.15, -0.1) is 0 Å². The first-order valence-corrected chi connectivity index (χ1v) is 10.4. The topological polar surface area (TPSA) is 94.9 Å². The lowest BCUT2D eigenvalue weighted by Gasteiger charge is -2.17. The quantitative estimate of drug-likeness (QED) is 0.515. The van der Waals surface area contributed by atoms with Crippen molar-refractivity contribution in [3.05, 3.63) is 64.8 Å². The minimum Gasteiger partial charge on any atom is -0.493 e. The summed E-state index contributed by atoms with van der Waals surface area (Å²) in [6.45, 7) is 0.352. The van der Waals surface area contributed by atoms with Crippen molar-refractivity contribution in [2.75, 3.05) is 7.11 Å². The summed E-state index contributed by atoms with van der Waals surface area (Å²) in [6.07, 6.45) is 8.14. The van der Waals surface area contributed by atoms with E-state index in [4.69, 9.17) is 9.47 Å². The molecule has 1 fully saturated rings. The van der Waals surface area contributed by atoms with Crippen LogP contribution in [0.3, 0.4) is 0 Å². The average Bonchev–Trinajstić information content (AvgIpc) is 3.48. The molecule has 31 heavy (non-hydrogen) atoms. The molecule has 158 valence electrons. The molecule has 2 aromatic heterocycles. The third-order valence-electron chi connectivity index (χ3n) is 5.72. The highest BCUT2D eigenvalue weighted by Crippen LogP contribution is 2.35. The number of hydrogen-bond donors (Lipinski definition) is 1. The van der Waals surface area contributed by atoms with Crippen LogP contribution in [0.4, 0.5) is 0 Å². The normalized spacial score (nSPS) is 14.2. The van der Waals surface area contributed by atoms with Crippen molar-refractivity contribution in [3.63, 3.8) is 0 Å². The molecule has 0 spiro atoms. The Morgan fingerprint density at radius 2 is 1.97 bits per heavy atom. The lowest BCUT2D eigenvalue weighted by molar-refractivity contribution is 0.201. The van der Waals surface area contributed by atoms with Gasteiger partial charge in [0.25, 0.3) is 0 Å². The molecular formula is C23H23N5O3. The molecule has 4 aromatic rings. The maximum Gasteiger partial charge on any atom is 0.347 e.